The van der Waals surface area contributed by atoms with Crippen LogP contribution in [0.15, 0.2) is 42.5 Å². The van der Waals surface area contributed by atoms with Crippen LogP contribution < -0.4 is 15.8 Å². The lowest BCUT2D eigenvalue weighted by Gasteiger charge is -2.11. The number of nitrogens with one attached hydrogen (secondary N) is 1. The van der Waals surface area contributed by atoms with Crippen molar-refractivity contribution in [1.82, 2.24) is 0 Å². The first-order chi connectivity index (χ1) is 9.72. The third-order valence-electron chi connectivity index (χ3n) is 2.84. The van der Waals surface area contributed by atoms with E-state index in [9.17, 15) is 0 Å². The minimum Gasteiger partial charge on any atom is -0.492 e. The molecule has 0 unspecified atom stereocenters. The Morgan fingerprint density at radius 1 is 1.15 bits per heavy atom. The highest BCUT2D eigenvalue weighted by atomic mass is 16.5. The maximum Gasteiger partial charge on any atom is 0.144 e. The molecule has 20 heavy (non-hydrogen) atoms. The zero-order valence-corrected chi connectivity index (χ0v) is 11.4. The van der Waals surface area contributed by atoms with E-state index < -0.39 is 0 Å². The number of hydrogen-bond acceptors (Lipinski definition) is 4. The molecule has 4 nitrogen and oxygen atoms in total. The second-order valence-corrected chi connectivity index (χ2v) is 4.34. The minimum absolute atomic E-state index is 0.427. The first-order valence-electron chi connectivity index (χ1n) is 6.48. The summed E-state index contributed by atoms with van der Waals surface area (Å²) in [6, 6.07) is 15.5. The van der Waals surface area contributed by atoms with Crippen LogP contribution in [0.3, 0.4) is 0 Å². The molecule has 4 heteroatoms. The maximum atomic E-state index is 8.64. The second-order valence-electron chi connectivity index (χ2n) is 4.34. The molecule has 102 valence electrons. The van der Waals surface area contributed by atoms with Crippen molar-refractivity contribution in [2.24, 2.45) is 0 Å². The van der Waals surface area contributed by atoms with Gasteiger partial charge in [0.25, 0.3) is 0 Å². The van der Waals surface area contributed by atoms with Gasteiger partial charge in [-0.15, -0.1) is 0 Å². The number of anilines is 3. The summed E-state index contributed by atoms with van der Waals surface area (Å²) in [5.74, 6) is 0.679. The van der Waals surface area contributed by atoms with Crippen LogP contribution in [0.4, 0.5) is 17.1 Å². The van der Waals surface area contributed by atoms with E-state index in [0.29, 0.717) is 24.5 Å². The van der Waals surface area contributed by atoms with E-state index in [4.69, 9.17) is 15.7 Å². The molecule has 0 aliphatic rings. The van der Waals surface area contributed by atoms with Crippen LogP contribution >= 0.6 is 0 Å². The van der Waals surface area contributed by atoms with Crippen LogP contribution in [-0.2, 0) is 6.42 Å². The van der Waals surface area contributed by atoms with Gasteiger partial charge in [-0.3, -0.25) is 0 Å². The molecule has 2 rings (SSSR count). The Bertz CT molecular complexity index is 615. The summed E-state index contributed by atoms with van der Waals surface area (Å²) in [7, 11) is 0. The highest BCUT2D eigenvalue weighted by Gasteiger charge is 2.02. The summed E-state index contributed by atoms with van der Waals surface area (Å²) in [5, 5.41) is 11.9. The molecule has 0 aromatic heterocycles. The lowest BCUT2D eigenvalue weighted by molar-refractivity contribution is 0.342. The summed E-state index contributed by atoms with van der Waals surface area (Å²) in [6.07, 6.45) is 0.427. The normalized spacial score (nSPS) is 9.80. The van der Waals surface area contributed by atoms with Gasteiger partial charge >= 0.3 is 0 Å². The predicted molar refractivity (Wildman–Crippen MR) is 81.1 cm³/mol. The fraction of sp³-hybridized carbons (Fsp3) is 0.188. The largest absolute Gasteiger partial charge is 0.492 e. The van der Waals surface area contributed by atoms with E-state index in [1.165, 1.54) is 0 Å². The third-order valence-corrected chi connectivity index (χ3v) is 2.84. The van der Waals surface area contributed by atoms with Crippen molar-refractivity contribution in [2.75, 3.05) is 17.7 Å². The molecule has 0 heterocycles. The van der Waals surface area contributed by atoms with Crippen molar-refractivity contribution in [1.29, 1.82) is 5.26 Å². The van der Waals surface area contributed by atoms with Crippen molar-refractivity contribution in [2.45, 2.75) is 13.3 Å². The Morgan fingerprint density at radius 3 is 2.50 bits per heavy atom. The molecule has 0 spiro atoms. The van der Waals surface area contributed by atoms with Gasteiger partial charge in [-0.2, -0.15) is 5.26 Å². The van der Waals surface area contributed by atoms with Gasteiger partial charge in [0.05, 0.1) is 24.8 Å². The summed E-state index contributed by atoms with van der Waals surface area (Å²) in [6.45, 7) is 2.50. The minimum atomic E-state index is 0.427. The van der Waals surface area contributed by atoms with Crippen LogP contribution in [0, 0.1) is 11.3 Å². The Balaban J connectivity index is 2.13. The second kappa shape index (κ2) is 6.48. The summed E-state index contributed by atoms with van der Waals surface area (Å²) in [5.41, 5.74) is 9.34. The van der Waals surface area contributed by atoms with Crippen molar-refractivity contribution < 1.29 is 4.74 Å². The molecule has 0 amide bonds. The molecule has 0 bridgehead atoms. The summed E-state index contributed by atoms with van der Waals surface area (Å²) in [4.78, 5) is 0. The van der Waals surface area contributed by atoms with Crippen molar-refractivity contribution in [3.05, 3.63) is 48.0 Å². The van der Waals surface area contributed by atoms with Crippen molar-refractivity contribution in [3.63, 3.8) is 0 Å². The number of rotatable bonds is 5. The third kappa shape index (κ3) is 3.42. The lowest BCUT2D eigenvalue weighted by Crippen LogP contribution is -1.98. The van der Waals surface area contributed by atoms with Crippen LogP contribution in [0.1, 0.15) is 12.5 Å². The molecule has 0 fully saturated rings. The first-order valence-corrected chi connectivity index (χ1v) is 6.48. The molecule has 0 aliphatic heterocycles. The van der Waals surface area contributed by atoms with E-state index in [0.717, 1.165) is 16.9 Å². The van der Waals surface area contributed by atoms with E-state index in [-0.39, 0.29) is 0 Å². The Labute approximate surface area is 118 Å². The number of nitrogen functional groups attached to an aromatic ring is 1. The summed E-state index contributed by atoms with van der Waals surface area (Å²) >= 11 is 0. The number of benzene rings is 2. The number of hydrogen-bond donors (Lipinski definition) is 2. The molecular weight excluding hydrogens is 250 g/mol. The van der Waals surface area contributed by atoms with Gasteiger partial charge in [0.1, 0.15) is 5.75 Å². The first kappa shape index (κ1) is 13.8. The smallest absolute Gasteiger partial charge is 0.144 e. The van der Waals surface area contributed by atoms with Gasteiger partial charge in [-0.05, 0) is 36.8 Å². The van der Waals surface area contributed by atoms with Gasteiger partial charge in [-0.1, -0.05) is 12.1 Å². The van der Waals surface area contributed by atoms with Crippen LogP contribution in [0.2, 0.25) is 0 Å². The number of ether oxygens (including phenoxy) is 1. The standard InChI is InChI=1S/C16H17N3O/c1-2-20-16-11-14(7-8-15(16)18)19-13-5-3-12(4-6-13)9-10-17/h3-8,11,19H,2,9,18H2,1H3. The highest BCUT2D eigenvalue weighted by Crippen LogP contribution is 2.27. The molecular formula is C16H17N3O. The average molecular weight is 267 g/mol. The molecule has 0 saturated heterocycles. The SMILES string of the molecule is CCOc1cc(Nc2ccc(CC#N)cc2)ccc1N. The predicted octanol–water partition coefficient (Wildman–Crippen LogP) is 3.48. The fourth-order valence-electron chi connectivity index (χ4n) is 1.86. The van der Waals surface area contributed by atoms with Gasteiger partial charge < -0.3 is 15.8 Å². The van der Waals surface area contributed by atoms with Crippen LogP contribution in [0.5, 0.6) is 5.75 Å². The lowest BCUT2D eigenvalue weighted by atomic mass is 10.1. The van der Waals surface area contributed by atoms with E-state index in [1.54, 1.807) is 0 Å². The molecule has 0 atom stereocenters. The number of nitriles is 1. The molecule has 2 aromatic carbocycles. The maximum absolute atomic E-state index is 8.64. The van der Waals surface area contributed by atoms with Crippen molar-refractivity contribution in [3.8, 4) is 11.8 Å². The van der Waals surface area contributed by atoms with Gasteiger partial charge in [0.2, 0.25) is 0 Å². The van der Waals surface area contributed by atoms with E-state index in [1.807, 2.05) is 49.4 Å². The number of nitrogens with zero attached hydrogens (tertiary/aromatic N) is 1. The molecule has 0 saturated carbocycles. The molecule has 0 radical (unpaired) electrons. The van der Waals surface area contributed by atoms with E-state index >= 15 is 0 Å². The monoisotopic (exact) mass is 267 g/mol. The Morgan fingerprint density at radius 2 is 1.85 bits per heavy atom. The zero-order chi connectivity index (χ0) is 14.4. The zero-order valence-electron chi connectivity index (χ0n) is 11.4. The topological polar surface area (TPSA) is 71.1 Å². The van der Waals surface area contributed by atoms with Gasteiger partial charge in [0.15, 0.2) is 0 Å². The number of nitrogens with two attached hydrogens (primary N) is 1. The Kier molecular flexibility index (Phi) is 4.46. The van der Waals surface area contributed by atoms with Crippen LogP contribution in [-0.4, -0.2) is 6.61 Å². The molecule has 3 N–H and O–H groups in total. The molecule has 2 aromatic rings. The Hall–Kier alpha value is -2.67. The fourth-order valence-corrected chi connectivity index (χ4v) is 1.86. The van der Waals surface area contributed by atoms with E-state index in [2.05, 4.69) is 11.4 Å². The van der Waals surface area contributed by atoms with Crippen LogP contribution in [0.25, 0.3) is 0 Å². The molecule has 0 aliphatic carbocycles. The quantitative estimate of drug-likeness (QED) is 0.814. The highest BCUT2D eigenvalue weighted by molar-refractivity contribution is 5.66. The average Bonchev–Trinajstić information content (AvgIpc) is 2.45. The van der Waals surface area contributed by atoms with Gasteiger partial charge in [-0.25, -0.2) is 0 Å². The summed E-state index contributed by atoms with van der Waals surface area (Å²) < 4.78 is 5.47. The van der Waals surface area contributed by atoms with Crippen molar-refractivity contribution >= 4 is 17.1 Å². The van der Waals surface area contributed by atoms with Gasteiger partial charge in [0, 0.05) is 17.4 Å².